The molecule has 0 N–H and O–H groups in total. The zero-order valence-corrected chi connectivity index (χ0v) is 14.9. The molecule has 0 saturated heterocycles. The summed E-state index contributed by atoms with van der Waals surface area (Å²) in [6.45, 7) is 4.16. The van der Waals surface area contributed by atoms with Gasteiger partial charge in [-0.1, -0.05) is 43.3 Å². The SMILES string of the molecule is CCc1ccc(-c2ccc(C)c(C3C(=O)C4CCC(C4)C3=O)c2)cc1. The van der Waals surface area contributed by atoms with Gasteiger partial charge < -0.3 is 0 Å². The van der Waals surface area contributed by atoms with Crippen molar-refractivity contribution in [2.75, 3.05) is 0 Å². The fourth-order valence-corrected chi connectivity index (χ4v) is 4.48. The summed E-state index contributed by atoms with van der Waals surface area (Å²) in [7, 11) is 0. The summed E-state index contributed by atoms with van der Waals surface area (Å²) in [5.41, 5.74) is 5.50. The predicted molar refractivity (Wildman–Crippen MR) is 99.6 cm³/mol. The number of Topliss-reactive ketones (excluding diaryl/α,β-unsaturated/α-hetero) is 2. The number of carbonyl (C=O) groups is 2. The van der Waals surface area contributed by atoms with E-state index in [1.54, 1.807) is 0 Å². The van der Waals surface area contributed by atoms with Gasteiger partial charge in [-0.2, -0.15) is 0 Å². The molecule has 2 aromatic rings. The van der Waals surface area contributed by atoms with Crippen molar-refractivity contribution < 1.29 is 9.59 Å². The van der Waals surface area contributed by atoms with Crippen LogP contribution in [-0.2, 0) is 16.0 Å². The molecule has 0 radical (unpaired) electrons. The fourth-order valence-electron chi connectivity index (χ4n) is 4.48. The molecule has 2 aromatic carbocycles. The van der Waals surface area contributed by atoms with Crippen molar-refractivity contribution >= 4 is 11.6 Å². The predicted octanol–water partition coefficient (Wildman–Crippen LogP) is 4.88. The molecular formula is C23H24O2. The molecule has 2 saturated carbocycles. The van der Waals surface area contributed by atoms with Crippen LogP contribution in [0.5, 0.6) is 0 Å². The highest BCUT2D eigenvalue weighted by Gasteiger charge is 2.47. The Bertz CT molecular complexity index is 810. The Kier molecular flexibility index (Phi) is 4.07. The van der Waals surface area contributed by atoms with Gasteiger partial charge in [0.25, 0.3) is 0 Å². The first-order chi connectivity index (χ1) is 12.1. The van der Waals surface area contributed by atoms with Crippen LogP contribution in [0.25, 0.3) is 11.1 Å². The van der Waals surface area contributed by atoms with Crippen molar-refractivity contribution in [1.29, 1.82) is 0 Å². The van der Waals surface area contributed by atoms with Gasteiger partial charge in [-0.25, -0.2) is 0 Å². The van der Waals surface area contributed by atoms with Gasteiger partial charge in [-0.15, -0.1) is 0 Å². The van der Waals surface area contributed by atoms with Crippen LogP contribution >= 0.6 is 0 Å². The van der Waals surface area contributed by atoms with E-state index < -0.39 is 5.92 Å². The second-order valence-corrected chi connectivity index (χ2v) is 7.57. The number of aryl methyl sites for hydroxylation is 2. The number of carbonyl (C=O) groups excluding carboxylic acids is 2. The van der Waals surface area contributed by atoms with Crippen LogP contribution in [0.3, 0.4) is 0 Å². The molecule has 2 heteroatoms. The molecule has 0 heterocycles. The first kappa shape index (κ1) is 16.3. The highest BCUT2D eigenvalue weighted by atomic mass is 16.2. The molecule has 128 valence electrons. The lowest BCUT2D eigenvalue weighted by molar-refractivity contribution is -0.135. The molecule has 2 atom stereocenters. The Morgan fingerprint density at radius 2 is 1.48 bits per heavy atom. The second kappa shape index (κ2) is 6.25. The van der Waals surface area contributed by atoms with E-state index >= 15 is 0 Å². The third-order valence-electron chi connectivity index (χ3n) is 6.09. The van der Waals surface area contributed by atoms with Crippen LogP contribution in [0.2, 0.25) is 0 Å². The van der Waals surface area contributed by atoms with Crippen LogP contribution in [0, 0.1) is 18.8 Å². The smallest absolute Gasteiger partial charge is 0.150 e. The zero-order valence-electron chi connectivity index (χ0n) is 14.9. The topological polar surface area (TPSA) is 34.1 Å². The van der Waals surface area contributed by atoms with E-state index in [-0.39, 0.29) is 23.4 Å². The summed E-state index contributed by atoms with van der Waals surface area (Å²) in [6, 6.07) is 14.8. The number of ketones is 2. The molecule has 4 rings (SSSR count). The van der Waals surface area contributed by atoms with Crippen molar-refractivity contribution in [2.24, 2.45) is 11.8 Å². The molecule has 2 fully saturated rings. The van der Waals surface area contributed by atoms with Crippen molar-refractivity contribution in [2.45, 2.75) is 45.4 Å². The summed E-state index contributed by atoms with van der Waals surface area (Å²) in [5.74, 6) is -0.0408. The number of fused-ring (bicyclic) bond motifs is 2. The largest absolute Gasteiger partial charge is 0.298 e. The third kappa shape index (κ3) is 2.74. The molecule has 0 aromatic heterocycles. The second-order valence-electron chi connectivity index (χ2n) is 7.57. The molecule has 2 unspecified atom stereocenters. The third-order valence-corrected chi connectivity index (χ3v) is 6.09. The van der Waals surface area contributed by atoms with E-state index in [0.717, 1.165) is 47.9 Å². The first-order valence-electron chi connectivity index (χ1n) is 9.35. The highest BCUT2D eigenvalue weighted by molar-refractivity contribution is 6.12. The van der Waals surface area contributed by atoms with Crippen LogP contribution in [0.4, 0.5) is 0 Å². The lowest BCUT2D eigenvalue weighted by Crippen LogP contribution is -2.35. The van der Waals surface area contributed by atoms with Gasteiger partial charge in [0.05, 0.1) is 0 Å². The van der Waals surface area contributed by atoms with Gasteiger partial charge in [0.1, 0.15) is 5.92 Å². The molecular weight excluding hydrogens is 308 g/mol. The average molecular weight is 332 g/mol. The quantitative estimate of drug-likeness (QED) is 0.751. The fraction of sp³-hybridized carbons (Fsp3) is 0.391. The van der Waals surface area contributed by atoms with E-state index in [1.165, 1.54) is 5.56 Å². The van der Waals surface area contributed by atoms with Crippen molar-refractivity contribution in [1.82, 2.24) is 0 Å². The van der Waals surface area contributed by atoms with E-state index in [0.29, 0.717) is 0 Å². The molecule has 25 heavy (non-hydrogen) atoms. The summed E-state index contributed by atoms with van der Waals surface area (Å²) in [4.78, 5) is 25.7. The lowest BCUT2D eigenvalue weighted by atomic mass is 9.74. The maximum Gasteiger partial charge on any atom is 0.150 e. The molecule has 2 aliphatic rings. The molecule has 0 spiro atoms. The Morgan fingerprint density at radius 1 is 0.880 bits per heavy atom. The van der Waals surface area contributed by atoms with Crippen molar-refractivity contribution in [3.8, 4) is 11.1 Å². The normalized spacial score (nSPS) is 25.4. The molecule has 2 bridgehead atoms. The minimum Gasteiger partial charge on any atom is -0.298 e. The Labute approximate surface area is 149 Å². The van der Waals surface area contributed by atoms with Gasteiger partial charge in [-0.3, -0.25) is 9.59 Å². The van der Waals surface area contributed by atoms with Gasteiger partial charge >= 0.3 is 0 Å². The number of benzene rings is 2. The van der Waals surface area contributed by atoms with Gasteiger partial charge in [-0.05, 0) is 66.5 Å². The Balaban J connectivity index is 1.74. The van der Waals surface area contributed by atoms with Crippen LogP contribution < -0.4 is 0 Å². The summed E-state index contributed by atoms with van der Waals surface area (Å²) in [5, 5.41) is 0. The average Bonchev–Trinajstić information content (AvgIpc) is 3.09. The van der Waals surface area contributed by atoms with E-state index in [2.05, 4.69) is 49.4 Å². The van der Waals surface area contributed by atoms with Gasteiger partial charge in [0.2, 0.25) is 0 Å². The van der Waals surface area contributed by atoms with Crippen molar-refractivity contribution in [3.05, 3.63) is 59.2 Å². The molecule has 2 aliphatic carbocycles. The van der Waals surface area contributed by atoms with Crippen LogP contribution in [0.1, 0.15) is 48.8 Å². The molecule has 0 amide bonds. The van der Waals surface area contributed by atoms with Crippen LogP contribution in [-0.4, -0.2) is 11.6 Å². The Morgan fingerprint density at radius 3 is 2.08 bits per heavy atom. The molecule has 2 nitrogen and oxygen atoms in total. The minimum atomic E-state index is -0.541. The van der Waals surface area contributed by atoms with E-state index in [1.807, 2.05) is 6.92 Å². The summed E-state index contributed by atoms with van der Waals surface area (Å²) < 4.78 is 0. The zero-order chi connectivity index (χ0) is 17.6. The summed E-state index contributed by atoms with van der Waals surface area (Å²) in [6.07, 6.45) is 3.59. The molecule has 0 aliphatic heterocycles. The monoisotopic (exact) mass is 332 g/mol. The summed E-state index contributed by atoms with van der Waals surface area (Å²) >= 11 is 0. The first-order valence-corrected chi connectivity index (χ1v) is 9.35. The van der Waals surface area contributed by atoms with Gasteiger partial charge in [0.15, 0.2) is 11.6 Å². The maximum atomic E-state index is 12.9. The highest BCUT2D eigenvalue weighted by Crippen LogP contribution is 2.44. The minimum absolute atomic E-state index is 0.0968. The number of rotatable bonds is 3. The standard InChI is InChI=1S/C23H24O2/c1-3-15-5-8-16(9-6-15)17-7-4-14(2)20(13-17)21-22(24)18-10-11-19(12-18)23(21)25/h4-9,13,18-19,21H,3,10-12H2,1-2H3. The maximum absolute atomic E-state index is 12.9. The number of hydrogen-bond donors (Lipinski definition) is 0. The number of hydrogen-bond acceptors (Lipinski definition) is 2. The van der Waals surface area contributed by atoms with E-state index in [9.17, 15) is 9.59 Å². The van der Waals surface area contributed by atoms with Crippen molar-refractivity contribution in [3.63, 3.8) is 0 Å². The van der Waals surface area contributed by atoms with Gasteiger partial charge in [0, 0.05) is 11.8 Å². The van der Waals surface area contributed by atoms with E-state index in [4.69, 9.17) is 0 Å². The Hall–Kier alpha value is -2.22. The lowest BCUT2D eigenvalue weighted by Gasteiger charge is -2.27. The van der Waals surface area contributed by atoms with Crippen LogP contribution in [0.15, 0.2) is 42.5 Å².